The quantitative estimate of drug-likeness (QED) is 0.659. The van der Waals surface area contributed by atoms with Crippen molar-refractivity contribution in [2.24, 2.45) is 4.99 Å². The van der Waals surface area contributed by atoms with Crippen LogP contribution in [0.15, 0.2) is 23.2 Å². The molecule has 1 heterocycles. The Hall–Kier alpha value is -1.33. The van der Waals surface area contributed by atoms with Crippen LogP contribution in [0.4, 0.5) is 4.39 Å². The number of nitrogens with one attached hydrogen (secondary N) is 1. The van der Waals surface area contributed by atoms with E-state index in [0.29, 0.717) is 18.0 Å². The van der Waals surface area contributed by atoms with Crippen molar-refractivity contribution in [1.82, 2.24) is 10.2 Å². The van der Waals surface area contributed by atoms with Crippen LogP contribution in [-0.2, 0) is 6.42 Å². The minimum Gasteiger partial charge on any atom is -0.393 e. The van der Waals surface area contributed by atoms with Gasteiger partial charge >= 0.3 is 0 Å². The standard InChI is InChI=1S/C16H23ClFN3O/c1-2-19-16(21-9-6-14(22)7-10-21)20-8-5-12-3-4-13(18)11-15(12)17/h3-4,11,14,22H,2,5-10H2,1H3,(H,19,20). The van der Waals surface area contributed by atoms with Crippen molar-refractivity contribution in [2.75, 3.05) is 26.2 Å². The van der Waals surface area contributed by atoms with Crippen molar-refractivity contribution < 1.29 is 9.50 Å². The van der Waals surface area contributed by atoms with E-state index in [1.807, 2.05) is 6.92 Å². The van der Waals surface area contributed by atoms with Gasteiger partial charge in [0.25, 0.3) is 0 Å². The molecule has 2 N–H and O–H groups in total. The summed E-state index contributed by atoms with van der Waals surface area (Å²) in [6.07, 6.45) is 2.02. The van der Waals surface area contributed by atoms with Crippen molar-refractivity contribution >= 4 is 17.6 Å². The SMILES string of the molecule is CCNC(=NCCc1ccc(F)cc1Cl)N1CCC(O)CC1. The largest absolute Gasteiger partial charge is 0.393 e. The molecule has 1 aromatic rings. The van der Waals surface area contributed by atoms with Crippen LogP contribution in [-0.4, -0.2) is 48.2 Å². The first kappa shape index (κ1) is 17.0. The summed E-state index contributed by atoms with van der Waals surface area (Å²) in [5, 5.41) is 13.3. The fourth-order valence-electron chi connectivity index (χ4n) is 2.51. The molecule has 2 rings (SSSR count). The molecule has 0 aromatic heterocycles. The van der Waals surface area contributed by atoms with Crippen LogP contribution >= 0.6 is 11.6 Å². The minimum absolute atomic E-state index is 0.197. The molecule has 4 nitrogen and oxygen atoms in total. The summed E-state index contributed by atoms with van der Waals surface area (Å²) in [5.41, 5.74) is 0.900. The van der Waals surface area contributed by atoms with Crippen molar-refractivity contribution in [1.29, 1.82) is 0 Å². The van der Waals surface area contributed by atoms with Crippen LogP contribution < -0.4 is 5.32 Å². The van der Waals surface area contributed by atoms with Gasteiger partial charge in [0, 0.05) is 31.2 Å². The number of hydrogen-bond acceptors (Lipinski definition) is 2. The van der Waals surface area contributed by atoms with Gasteiger partial charge in [-0.05, 0) is 43.9 Å². The molecular weight excluding hydrogens is 305 g/mol. The highest BCUT2D eigenvalue weighted by atomic mass is 35.5. The molecule has 0 bridgehead atoms. The highest BCUT2D eigenvalue weighted by Crippen LogP contribution is 2.18. The van der Waals surface area contributed by atoms with Gasteiger partial charge in [-0.3, -0.25) is 4.99 Å². The second-order valence-electron chi connectivity index (χ2n) is 5.44. The lowest BCUT2D eigenvalue weighted by atomic mass is 10.1. The van der Waals surface area contributed by atoms with E-state index < -0.39 is 0 Å². The number of benzene rings is 1. The molecule has 0 saturated carbocycles. The van der Waals surface area contributed by atoms with Crippen molar-refractivity contribution in [3.8, 4) is 0 Å². The van der Waals surface area contributed by atoms with E-state index in [0.717, 1.165) is 44.0 Å². The number of piperidine rings is 1. The van der Waals surface area contributed by atoms with E-state index in [4.69, 9.17) is 11.6 Å². The minimum atomic E-state index is -0.322. The Balaban J connectivity index is 1.95. The van der Waals surface area contributed by atoms with Gasteiger partial charge in [0.2, 0.25) is 0 Å². The summed E-state index contributed by atoms with van der Waals surface area (Å²) in [7, 11) is 0. The number of guanidine groups is 1. The van der Waals surface area contributed by atoms with E-state index in [-0.39, 0.29) is 11.9 Å². The van der Waals surface area contributed by atoms with E-state index in [1.54, 1.807) is 6.07 Å². The van der Waals surface area contributed by atoms with Crippen LogP contribution in [0.1, 0.15) is 25.3 Å². The molecule has 6 heteroatoms. The van der Waals surface area contributed by atoms with Crippen molar-refractivity contribution in [3.63, 3.8) is 0 Å². The van der Waals surface area contributed by atoms with Gasteiger partial charge in [-0.25, -0.2) is 4.39 Å². The van der Waals surface area contributed by atoms with Gasteiger partial charge in [0.1, 0.15) is 5.82 Å². The Morgan fingerprint density at radius 3 is 2.82 bits per heavy atom. The summed E-state index contributed by atoms with van der Waals surface area (Å²) in [6.45, 7) is 5.04. The van der Waals surface area contributed by atoms with Gasteiger partial charge in [-0.2, -0.15) is 0 Å². The Kier molecular flexibility index (Phi) is 6.46. The number of aliphatic hydroxyl groups excluding tert-OH is 1. The number of aliphatic hydroxyl groups is 1. The molecule has 0 radical (unpaired) electrons. The third-order valence-corrected chi connectivity index (χ3v) is 4.11. The summed E-state index contributed by atoms with van der Waals surface area (Å²) < 4.78 is 13.0. The topological polar surface area (TPSA) is 47.9 Å². The maximum absolute atomic E-state index is 13.0. The number of rotatable bonds is 4. The fourth-order valence-corrected chi connectivity index (χ4v) is 2.77. The highest BCUT2D eigenvalue weighted by Gasteiger charge is 2.19. The molecule has 22 heavy (non-hydrogen) atoms. The first-order valence-corrected chi connectivity index (χ1v) is 8.13. The molecule has 1 fully saturated rings. The Bertz CT molecular complexity index is 516. The number of hydrogen-bond donors (Lipinski definition) is 2. The molecule has 1 aliphatic rings. The first-order chi connectivity index (χ1) is 10.6. The molecule has 0 amide bonds. The fraction of sp³-hybridized carbons (Fsp3) is 0.562. The third kappa shape index (κ3) is 4.85. The second-order valence-corrected chi connectivity index (χ2v) is 5.85. The average Bonchev–Trinajstić information content (AvgIpc) is 2.49. The average molecular weight is 328 g/mol. The lowest BCUT2D eigenvalue weighted by Gasteiger charge is -2.32. The molecule has 122 valence electrons. The van der Waals surface area contributed by atoms with Crippen LogP contribution in [0.5, 0.6) is 0 Å². The summed E-state index contributed by atoms with van der Waals surface area (Å²) in [4.78, 5) is 6.79. The maximum atomic E-state index is 13.0. The van der Waals surface area contributed by atoms with Crippen LogP contribution in [0.3, 0.4) is 0 Å². The maximum Gasteiger partial charge on any atom is 0.193 e. The number of aliphatic imine (C=N–C) groups is 1. The molecule has 0 unspecified atom stereocenters. The third-order valence-electron chi connectivity index (χ3n) is 3.76. The highest BCUT2D eigenvalue weighted by molar-refractivity contribution is 6.31. The molecule has 0 spiro atoms. The lowest BCUT2D eigenvalue weighted by molar-refractivity contribution is 0.108. The number of likely N-dealkylation sites (tertiary alicyclic amines) is 1. The Morgan fingerprint density at radius 1 is 1.45 bits per heavy atom. The molecule has 0 atom stereocenters. The van der Waals surface area contributed by atoms with Crippen LogP contribution in [0.25, 0.3) is 0 Å². The smallest absolute Gasteiger partial charge is 0.193 e. The van der Waals surface area contributed by atoms with Crippen molar-refractivity contribution in [3.05, 3.63) is 34.6 Å². The van der Waals surface area contributed by atoms with E-state index in [2.05, 4.69) is 15.2 Å². The van der Waals surface area contributed by atoms with Gasteiger partial charge in [-0.1, -0.05) is 17.7 Å². The number of nitrogens with zero attached hydrogens (tertiary/aromatic N) is 2. The predicted molar refractivity (Wildman–Crippen MR) is 87.9 cm³/mol. The lowest BCUT2D eigenvalue weighted by Crippen LogP contribution is -2.46. The number of halogens is 2. The van der Waals surface area contributed by atoms with Gasteiger partial charge in [0.15, 0.2) is 5.96 Å². The summed E-state index contributed by atoms with van der Waals surface area (Å²) in [6, 6.07) is 4.46. The van der Waals surface area contributed by atoms with Crippen LogP contribution in [0.2, 0.25) is 5.02 Å². The summed E-state index contributed by atoms with van der Waals surface area (Å²) in [5.74, 6) is 0.546. The zero-order chi connectivity index (χ0) is 15.9. The normalized spacial score (nSPS) is 16.9. The van der Waals surface area contributed by atoms with Crippen LogP contribution in [0, 0.1) is 5.82 Å². The van der Waals surface area contributed by atoms with E-state index in [1.165, 1.54) is 12.1 Å². The zero-order valence-electron chi connectivity index (χ0n) is 12.9. The monoisotopic (exact) mass is 327 g/mol. The predicted octanol–water partition coefficient (Wildman–Crippen LogP) is 2.44. The molecule has 0 aliphatic carbocycles. The van der Waals surface area contributed by atoms with E-state index >= 15 is 0 Å². The Morgan fingerprint density at radius 2 is 2.18 bits per heavy atom. The molecule has 1 aromatic carbocycles. The van der Waals surface area contributed by atoms with E-state index in [9.17, 15) is 9.50 Å². The Labute approximate surface area is 136 Å². The van der Waals surface area contributed by atoms with Gasteiger partial charge in [-0.15, -0.1) is 0 Å². The van der Waals surface area contributed by atoms with Crippen molar-refractivity contribution in [2.45, 2.75) is 32.3 Å². The first-order valence-electron chi connectivity index (χ1n) is 7.75. The molecule has 1 aliphatic heterocycles. The van der Waals surface area contributed by atoms with Gasteiger partial charge < -0.3 is 15.3 Å². The second kappa shape index (κ2) is 8.34. The zero-order valence-corrected chi connectivity index (χ0v) is 13.6. The molecule has 1 saturated heterocycles. The molecular formula is C16H23ClFN3O. The summed E-state index contributed by atoms with van der Waals surface area (Å²) >= 11 is 6.03. The van der Waals surface area contributed by atoms with Gasteiger partial charge in [0.05, 0.1) is 6.10 Å².